The zero-order valence-corrected chi connectivity index (χ0v) is 14.5. The van der Waals surface area contributed by atoms with E-state index < -0.39 is 10.0 Å². The van der Waals surface area contributed by atoms with Crippen LogP contribution in [0.3, 0.4) is 0 Å². The Morgan fingerprint density at radius 3 is 3.00 bits per heavy atom. The van der Waals surface area contributed by atoms with E-state index in [9.17, 15) is 8.42 Å². The van der Waals surface area contributed by atoms with Crippen LogP contribution in [0.4, 0.5) is 0 Å². The van der Waals surface area contributed by atoms with E-state index in [2.05, 4.69) is 26.0 Å². The molecule has 0 bridgehead atoms. The van der Waals surface area contributed by atoms with Crippen molar-refractivity contribution in [3.05, 3.63) is 16.5 Å². The summed E-state index contributed by atoms with van der Waals surface area (Å²) in [5.41, 5.74) is 0. The first-order valence-electron chi connectivity index (χ1n) is 6.59. The maximum atomic E-state index is 12.3. The van der Waals surface area contributed by atoms with E-state index in [1.165, 1.54) is 0 Å². The molecule has 0 spiro atoms. The van der Waals surface area contributed by atoms with Gasteiger partial charge in [-0.25, -0.2) is 13.1 Å². The summed E-state index contributed by atoms with van der Waals surface area (Å²) in [7, 11) is -3.51. The third kappa shape index (κ3) is 4.24. The van der Waals surface area contributed by atoms with E-state index in [-0.39, 0.29) is 9.56 Å². The van der Waals surface area contributed by atoms with E-state index in [4.69, 9.17) is 4.42 Å². The highest BCUT2D eigenvalue weighted by molar-refractivity contribution is 9.10. The first kappa shape index (κ1) is 16.4. The van der Waals surface area contributed by atoms with Crippen molar-refractivity contribution in [1.29, 1.82) is 0 Å². The van der Waals surface area contributed by atoms with Crippen molar-refractivity contribution in [3.63, 3.8) is 0 Å². The van der Waals surface area contributed by atoms with E-state index >= 15 is 0 Å². The fourth-order valence-electron chi connectivity index (χ4n) is 1.97. The quantitative estimate of drug-likeness (QED) is 0.755. The lowest BCUT2D eigenvalue weighted by Gasteiger charge is -2.09. The van der Waals surface area contributed by atoms with Crippen LogP contribution in [0.1, 0.15) is 19.1 Å². The SMILES string of the molecule is CCNCc1cc(S(=O)(=O)NCC2CCSC2)c(Br)o1. The van der Waals surface area contributed by atoms with E-state index in [0.29, 0.717) is 24.8 Å². The summed E-state index contributed by atoms with van der Waals surface area (Å²) in [5.74, 6) is 3.19. The largest absolute Gasteiger partial charge is 0.452 e. The highest BCUT2D eigenvalue weighted by atomic mass is 79.9. The van der Waals surface area contributed by atoms with Gasteiger partial charge in [0, 0.05) is 12.6 Å². The van der Waals surface area contributed by atoms with Gasteiger partial charge < -0.3 is 9.73 Å². The van der Waals surface area contributed by atoms with Crippen molar-refractivity contribution >= 4 is 37.7 Å². The molecule has 0 radical (unpaired) electrons. The monoisotopic (exact) mass is 382 g/mol. The second-order valence-electron chi connectivity index (χ2n) is 4.71. The van der Waals surface area contributed by atoms with Crippen LogP contribution in [0.15, 0.2) is 20.0 Å². The van der Waals surface area contributed by atoms with Crippen LogP contribution in [0, 0.1) is 5.92 Å². The summed E-state index contributed by atoms with van der Waals surface area (Å²) >= 11 is 5.05. The molecule has 1 aromatic heterocycles. The lowest BCUT2D eigenvalue weighted by atomic mass is 10.1. The maximum Gasteiger partial charge on any atom is 0.244 e. The van der Waals surface area contributed by atoms with Crippen molar-refractivity contribution in [2.45, 2.75) is 24.8 Å². The zero-order valence-electron chi connectivity index (χ0n) is 11.3. The van der Waals surface area contributed by atoms with Crippen molar-refractivity contribution < 1.29 is 12.8 Å². The second kappa shape index (κ2) is 7.31. The molecule has 0 saturated carbocycles. The van der Waals surface area contributed by atoms with Gasteiger partial charge >= 0.3 is 0 Å². The number of halogens is 1. The highest BCUT2D eigenvalue weighted by Crippen LogP contribution is 2.27. The molecule has 1 unspecified atom stereocenters. The molecule has 1 aromatic rings. The molecule has 20 heavy (non-hydrogen) atoms. The first-order valence-corrected chi connectivity index (χ1v) is 10.0. The molecule has 2 heterocycles. The average Bonchev–Trinajstić information content (AvgIpc) is 3.03. The Morgan fingerprint density at radius 2 is 2.35 bits per heavy atom. The third-order valence-corrected chi connectivity index (χ3v) is 6.64. The number of hydrogen-bond donors (Lipinski definition) is 2. The summed E-state index contributed by atoms with van der Waals surface area (Å²) in [6.45, 7) is 3.80. The second-order valence-corrected chi connectivity index (χ2v) is 8.32. The molecule has 1 saturated heterocycles. The molecule has 2 rings (SSSR count). The minimum atomic E-state index is -3.51. The summed E-state index contributed by atoms with van der Waals surface area (Å²) in [5, 5.41) is 3.10. The lowest BCUT2D eigenvalue weighted by Crippen LogP contribution is -2.29. The minimum absolute atomic E-state index is 0.177. The van der Waals surface area contributed by atoms with Gasteiger partial charge in [-0.15, -0.1) is 0 Å². The van der Waals surface area contributed by atoms with Crippen LogP contribution in [-0.2, 0) is 16.6 Å². The van der Waals surface area contributed by atoms with Crippen molar-refractivity contribution in [3.8, 4) is 0 Å². The van der Waals surface area contributed by atoms with Crippen LogP contribution >= 0.6 is 27.7 Å². The smallest absolute Gasteiger partial charge is 0.244 e. The number of thioether (sulfide) groups is 1. The highest BCUT2D eigenvalue weighted by Gasteiger charge is 2.24. The van der Waals surface area contributed by atoms with E-state index in [0.717, 1.165) is 24.5 Å². The molecular weight excluding hydrogens is 364 g/mol. The molecule has 0 aromatic carbocycles. The summed E-state index contributed by atoms with van der Waals surface area (Å²) < 4.78 is 32.9. The molecule has 1 atom stereocenters. The number of hydrogen-bond acceptors (Lipinski definition) is 5. The van der Waals surface area contributed by atoms with Crippen LogP contribution in [0.25, 0.3) is 0 Å². The van der Waals surface area contributed by atoms with Gasteiger partial charge in [0.2, 0.25) is 10.0 Å². The predicted octanol–water partition coefficient (Wildman–Crippen LogP) is 2.18. The van der Waals surface area contributed by atoms with Crippen LogP contribution in [-0.4, -0.2) is 33.0 Å². The standard InChI is InChI=1S/C12H19BrN2O3S2/c1-2-14-7-10-5-11(12(13)18-10)20(16,17)15-6-9-3-4-19-8-9/h5,9,14-15H,2-4,6-8H2,1H3. The fourth-order valence-corrected chi connectivity index (χ4v) is 5.36. The zero-order chi connectivity index (χ0) is 14.6. The molecule has 1 aliphatic heterocycles. The molecule has 114 valence electrons. The molecule has 5 nitrogen and oxygen atoms in total. The van der Waals surface area contributed by atoms with Crippen molar-refractivity contribution in [1.82, 2.24) is 10.0 Å². The Morgan fingerprint density at radius 1 is 1.55 bits per heavy atom. The Bertz CT molecular complexity index is 539. The first-order chi connectivity index (χ1) is 9.53. The fraction of sp³-hybridized carbons (Fsp3) is 0.667. The number of furan rings is 1. The van der Waals surface area contributed by atoms with Gasteiger partial charge in [-0.05, 0) is 46.3 Å². The molecular formula is C12H19BrN2O3S2. The van der Waals surface area contributed by atoms with Gasteiger partial charge in [0.05, 0.1) is 6.54 Å². The van der Waals surface area contributed by atoms with Gasteiger partial charge in [0.25, 0.3) is 0 Å². The predicted molar refractivity (Wildman–Crippen MR) is 84.4 cm³/mol. The number of nitrogens with one attached hydrogen (secondary N) is 2. The summed E-state index contributed by atoms with van der Waals surface area (Å²) in [4.78, 5) is 0.177. The molecule has 1 aliphatic rings. The Hall–Kier alpha value is -0.0200. The Balaban J connectivity index is 2.02. The summed E-state index contributed by atoms with van der Waals surface area (Å²) in [6, 6.07) is 1.57. The lowest BCUT2D eigenvalue weighted by molar-refractivity contribution is 0.463. The normalized spacial score (nSPS) is 19.6. The van der Waals surface area contributed by atoms with Gasteiger partial charge in [-0.2, -0.15) is 11.8 Å². The van der Waals surface area contributed by atoms with Crippen molar-refractivity contribution in [2.75, 3.05) is 24.6 Å². The number of rotatable bonds is 7. The van der Waals surface area contributed by atoms with Crippen LogP contribution in [0.5, 0.6) is 0 Å². The number of sulfonamides is 1. The topological polar surface area (TPSA) is 71.3 Å². The van der Waals surface area contributed by atoms with Crippen molar-refractivity contribution in [2.24, 2.45) is 5.92 Å². The minimum Gasteiger partial charge on any atom is -0.452 e. The summed E-state index contributed by atoms with van der Waals surface area (Å²) in [6.07, 6.45) is 1.07. The molecule has 0 aliphatic carbocycles. The Labute approximate surface area is 132 Å². The molecule has 2 N–H and O–H groups in total. The van der Waals surface area contributed by atoms with Gasteiger partial charge in [0.1, 0.15) is 10.7 Å². The van der Waals surface area contributed by atoms with Crippen LogP contribution in [0.2, 0.25) is 0 Å². The third-order valence-electron chi connectivity index (χ3n) is 3.13. The van der Waals surface area contributed by atoms with E-state index in [1.807, 2.05) is 18.7 Å². The van der Waals surface area contributed by atoms with E-state index in [1.54, 1.807) is 6.07 Å². The van der Waals surface area contributed by atoms with Crippen LogP contribution < -0.4 is 10.0 Å². The molecule has 1 fully saturated rings. The maximum absolute atomic E-state index is 12.3. The van der Waals surface area contributed by atoms with Gasteiger partial charge in [-0.3, -0.25) is 0 Å². The average molecular weight is 383 g/mol. The molecule has 8 heteroatoms. The molecule has 0 amide bonds. The van der Waals surface area contributed by atoms with Gasteiger partial charge in [0.15, 0.2) is 4.67 Å². The van der Waals surface area contributed by atoms with Gasteiger partial charge in [-0.1, -0.05) is 6.92 Å². The Kier molecular flexibility index (Phi) is 5.97.